The number of rotatable bonds is 7. The van der Waals surface area contributed by atoms with Crippen LogP contribution in [-0.4, -0.2) is 19.0 Å². The van der Waals surface area contributed by atoms with E-state index in [1.807, 2.05) is 32.0 Å². The molecule has 2 rings (SSSR count). The van der Waals surface area contributed by atoms with Crippen LogP contribution in [0.3, 0.4) is 0 Å². The normalized spacial score (nSPS) is 10.7. The second kappa shape index (κ2) is 8.13. The minimum Gasteiger partial charge on any atom is -0.490 e. The summed E-state index contributed by atoms with van der Waals surface area (Å²) in [4.78, 5) is 12.0. The van der Waals surface area contributed by atoms with Crippen molar-refractivity contribution < 1.29 is 18.7 Å². The topological polar surface area (TPSA) is 35.5 Å². The van der Waals surface area contributed by atoms with Crippen LogP contribution in [0.4, 0.5) is 4.39 Å². The lowest BCUT2D eigenvalue weighted by Gasteiger charge is -2.11. The Labute approximate surface area is 135 Å². The van der Waals surface area contributed by atoms with Crippen molar-refractivity contribution >= 4 is 11.9 Å². The molecule has 0 fully saturated rings. The van der Waals surface area contributed by atoms with E-state index in [9.17, 15) is 9.18 Å². The van der Waals surface area contributed by atoms with Gasteiger partial charge in [0.2, 0.25) is 0 Å². The Morgan fingerprint density at radius 3 is 2.30 bits per heavy atom. The number of hydrogen-bond donors (Lipinski definition) is 0. The molecule has 0 bridgehead atoms. The van der Waals surface area contributed by atoms with Crippen LogP contribution in [0.25, 0.3) is 6.08 Å². The minimum atomic E-state index is -0.363. The van der Waals surface area contributed by atoms with Crippen molar-refractivity contribution in [3.63, 3.8) is 0 Å². The molecule has 2 aromatic carbocycles. The number of carbonyl (C=O) groups is 1. The highest BCUT2D eigenvalue weighted by Crippen LogP contribution is 2.29. The lowest BCUT2D eigenvalue weighted by Crippen LogP contribution is -1.98. The third-order valence-electron chi connectivity index (χ3n) is 3.12. The standard InChI is InChI=1S/C19H19FO3/c1-3-22-18-12-6-14(13-19(18)23-4-2)5-11-17(21)15-7-9-16(20)10-8-15/h5-13H,3-4H2,1-2H3/b11-5+. The Morgan fingerprint density at radius 2 is 1.65 bits per heavy atom. The minimum absolute atomic E-state index is 0.183. The van der Waals surface area contributed by atoms with Crippen molar-refractivity contribution in [1.29, 1.82) is 0 Å². The van der Waals surface area contributed by atoms with Crippen molar-refractivity contribution in [2.75, 3.05) is 13.2 Å². The highest BCUT2D eigenvalue weighted by atomic mass is 19.1. The number of ketones is 1. The number of allylic oxidation sites excluding steroid dienone is 1. The fraction of sp³-hybridized carbons (Fsp3) is 0.211. The maximum absolute atomic E-state index is 12.9. The van der Waals surface area contributed by atoms with Crippen molar-refractivity contribution in [3.05, 3.63) is 65.5 Å². The lowest BCUT2D eigenvalue weighted by atomic mass is 10.1. The van der Waals surface area contributed by atoms with Gasteiger partial charge in [-0.15, -0.1) is 0 Å². The quantitative estimate of drug-likeness (QED) is 0.557. The summed E-state index contributed by atoms with van der Waals surface area (Å²) in [5, 5.41) is 0. The summed E-state index contributed by atoms with van der Waals surface area (Å²) < 4.78 is 23.9. The zero-order valence-electron chi connectivity index (χ0n) is 13.2. The highest BCUT2D eigenvalue weighted by Gasteiger charge is 2.06. The van der Waals surface area contributed by atoms with E-state index in [0.29, 0.717) is 30.3 Å². The number of hydrogen-bond acceptors (Lipinski definition) is 3. The fourth-order valence-corrected chi connectivity index (χ4v) is 2.05. The lowest BCUT2D eigenvalue weighted by molar-refractivity contribution is 0.104. The molecule has 0 unspecified atom stereocenters. The van der Waals surface area contributed by atoms with E-state index in [1.165, 1.54) is 30.3 Å². The third kappa shape index (κ3) is 4.68. The molecular weight excluding hydrogens is 295 g/mol. The van der Waals surface area contributed by atoms with Crippen LogP contribution in [0.15, 0.2) is 48.5 Å². The molecule has 23 heavy (non-hydrogen) atoms. The molecule has 0 N–H and O–H groups in total. The van der Waals surface area contributed by atoms with Gasteiger partial charge in [-0.1, -0.05) is 12.1 Å². The largest absolute Gasteiger partial charge is 0.490 e. The number of ether oxygens (including phenoxy) is 2. The van der Waals surface area contributed by atoms with Crippen LogP contribution in [-0.2, 0) is 0 Å². The van der Waals surface area contributed by atoms with Crippen LogP contribution >= 0.6 is 0 Å². The van der Waals surface area contributed by atoms with Gasteiger partial charge in [-0.05, 0) is 61.9 Å². The van der Waals surface area contributed by atoms with E-state index in [1.54, 1.807) is 6.08 Å². The zero-order valence-corrected chi connectivity index (χ0v) is 13.2. The Hall–Kier alpha value is -2.62. The second-order valence-corrected chi connectivity index (χ2v) is 4.78. The number of carbonyl (C=O) groups excluding carboxylic acids is 1. The van der Waals surface area contributed by atoms with E-state index >= 15 is 0 Å². The van der Waals surface area contributed by atoms with Crippen molar-refractivity contribution in [3.8, 4) is 11.5 Å². The Morgan fingerprint density at radius 1 is 1.00 bits per heavy atom. The summed E-state index contributed by atoms with van der Waals surface area (Å²) in [6.45, 7) is 4.89. The predicted molar refractivity (Wildman–Crippen MR) is 88.5 cm³/mol. The molecule has 0 spiro atoms. The van der Waals surface area contributed by atoms with Gasteiger partial charge in [-0.3, -0.25) is 4.79 Å². The molecule has 0 aliphatic rings. The van der Waals surface area contributed by atoms with Crippen LogP contribution in [0.2, 0.25) is 0 Å². The smallest absolute Gasteiger partial charge is 0.185 e. The van der Waals surface area contributed by atoms with E-state index < -0.39 is 0 Å². The fourth-order valence-electron chi connectivity index (χ4n) is 2.05. The van der Waals surface area contributed by atoms with Gasteiger partial charge in [-0.25, -0.2) is 4.39 Å². The molecule has 0 aromatic heterocycles. The van der Waals surface area contributed by atoms with Crippen LogP contribution in [0, 0.1) is 5.82 Å². The van der Waals surface area contributed by atoms with Gasteiger partial charge in [0.1, 0.15) is 5.82 Å². The monoisotopic (exact) mass is 314 g/mol. The molecule has 0 aliphatic heterocycles. The van der Waals surface area contributed by atoms with Gasteiger partial charge in [0, 0.05) is 5.56 Å². The first-order valence-corrected chi connectivity index (χ1v) is 7.51. The second-order valence-electron chi connectivity index (χ2n) is 4.78. The summed E-state index contributed by atoms with van der Waals surface area (Å²) >= 11 is 0. The van der Waals surface area contributed by atoms with Crippen LogP contribution in [0.1, 0.15) is 29.8 Å². The molecule has 0 amide bonds. The summed E-state index contributed by atoms with van der Waals surface area (Å²) in [6.07, 6.45) is 3.16. The van der Waals surface area contributed by atoms with Gasteiger partial charge < -0.3 is 9.47 Å². The van der Waals surface area contributed by atoms with Crippen LogP contribution < -0.4 is 9.47 Å². The van der Waals surface area contributed by atoms with E-state index in [0.717, 1.165) is 5.56 Å². The molecule has 0 heterocycles. The average molecular weight is 314 g/mol. The van der Waals surface area contributed by atoms with Crippen molar-refractivity contribution in [2.24, 2.45) is 0 Å². The van der Waals surface area contributed by atoms with E-state index in [-0.39, 0.29) is 11.6 Å². The molecule has 0 saturated heterocycles. The predicted octanol–water partition coefficient (Wildman–Crippen LogP) is 4.52. The van der Waals surface area contributed by atoms with Crippen molar-refractivity contribution in [1.82, 2.24) is 0 Å². The molecule has 0 radical (unpaired) electrons. The third-order valence-corrected chi connectivity index (χ3v) is 3.12. The number of benzene rings is 2. The van der Waals surface area contributed by atoms with E-state index in [2.05, 4.69) is 0 Å². The molecule has 3 nitrogen and oxygen atoms in total. The summed E-state index contributed by atoms with van der Waals surface area (Å²) in [5.74, 6) is 0.775. The van der Waals surface area contributed by atoms with Crippen molar-refractivity contribution in [2.45, 2.75) is 13.8 Å². The number of halogens is 1. The summed E-state index contributed by atoms with van der Waals surface area (Å²) in [6, 6.07) is 11.0. The van der Waals surface area contributed by atoms with Gasteiger partial charge in [0.05, 0.1) is 13.2 Å². The zero-order chi connectivity index (χ0) is 16.7. The molecular formula is C19H19FO3. The maximum atomic E-state index is 12.9. The maximum Gasteiger partial charge on any atom is 0.185 e. The van der Waals surface area contributed by atoms with Gasteiger partial charge in [0.25, 0.3) is 0 Å². The SMILES string of the molecule is CCOc1ccc(/C=C/C(=O)c2ccc(F)cc2)cc1OCC. The highest BCUT2D eigenvalue weighted by molar-refractivity contribution is 6.06. The Bertz CT molecular complexity index is 690. The summed E-state index contributed by atoms with van der Waals surface area (Å²) in [5.41, 5.74) is 1.27. The molecule has 0 aliphatic carbocycles. The first-order chi connectivity index (χ1) is 11.1. The molecule has 0 saturated carbocycles. The summed E-state index contributed by atoms with van der Waals surface area (Å²) in [7, 11) is 0. The van der Waals surface area contributed by atoms with Gasteiger partial charge in [0.15, 0.2) is 17.3 Å². The Balaban J connectivity index is 2.16. The molecule has 0 atom stereocenters. The first-order valence-electron chi connectivity index (χ1n) is 7.51. The van der Waals surface area contributed by atoms with Gasteiger partial charge >= 0.3 is 0 Å². The van der Waals surface area contributed by atoms with E-state index in [4.69, 9.17) is 9.47 Å². The van der Waals surface area contributed by atoms with Crippen LogP contribution in [0.5, 0.6) is 11.5 Å². The first kappa shape index (κ1) is 16.7. The molecule has 2 aromatic rings. The Kier molecular flexibility index (Phi) is 5.92. The average Bonchev–Trinajstić information content (AvgIpc) is 2.56. The molecule has 120 valence electrons. The van der Waals surface area contributed by atoms with Gasteiger partial charge in [-0.2, -0.15) is 0 Å². The molecule has 4 heteroatoms.